The van der Waals surface area contributed by atoms with Crippen LogP contribution in [0.4, 0.5) is 13.6 Å². The number of fused-ring (bicyclic) bond motifs is 7. The zero-order valence-corrected chi connectivity index (χ0v) is 36.4. The second-order valence-electron chi connectivity index (χ2n) is 19.4. The van der Waals surface area contributed by atoms with Crippen LogP contribution < -0.4 is 24.8 Å². The summed E-state index contributed by atoms with van der Waals surface area (Å²) in [7, 11) is -2.55. The lowest BCUT2D eigenvalue weighted by Crippen LogP contribution is -2.61. The fourth-order valence-corrected chi connectivity index (χ4v) is 11.8. The number of rotatable bonds is 8. The third kappa shape index (κ3) is 8.58. The number of hydrogen-bond acceptors (Lipinski definition) is 11. The first kappa shape index (κ1) is 43.3. The third-order valence-corrected chi connectivity index (χ3v) is 16.1. The summed E-state index contributed by atoms with van der Waals surface area (Å²) in [6, 6.07) is 2.83. The number of hydrogen-bond donors (Lipinski definition) is 3. The lowest BCUT2D eigenvalue weighted by molar-refractivity contribution is -0.143. The van der Waals surface area contributed by atoms with Crippen LogP contribution in [0.5, 0.6) is 11.6 Å². The van der Waals surface area contributed by atoms with E-state index in [4.69, 9.17) is 24.2 Å². The molecule has 15 nitrogen and oxygen atoms in total. The zero-order valence-electron chi connectivity index (χ0n) is 35.6. The smallest absolute Gasteiger partial charge is 0.408 e. The van der Waals surface area contributed by atoms with Crippen molar-refractivity contribution in [2.24, 2.45) is 40.9 Å². The highest BCUT2D eigenvalue weighted by atomic mass is 32.2. The zero-order chi connectivity index (χ0) is 43.8. The molecule has 3 N–H and O–H groups in total. The minimum Gasteiger partial charge on any atom is -0.497 e. The van der Waals surface area contributed by atoms with Crippen LogP contribution in [0.25, 0.3) is 11.0 Å². The van der Waals surface area contributed by atoms with Crippen molar-refractivity contribution in [3.05, 3.63) is 23.9 Å². The van der Waals surface area contributed by atoms with Gasteiger partial charge in [-0.25, -0.2) is 32.0 Å². The number of carbonyl (C=O) groups excluding carboxylic acids is 4. The lowest BCUT2D eigenvalue weighted by Gasteiger charge is -2.36. The van der Waals surface area contributed by atoms with Crippen LogP contribution >= 0.6 is 0 Å². The molecule has 0 spiro atoms. The predicted molar refractivity (Wildman–Crippen MR) is 218 cm³/mol. The molecule has 1 saturated heterocycles. The number of sulfonamides is 1. The Hall–Kier alpha value is -4.35. The molecular formula is C43H58F2N6O9S. The molecule has 0 radical (unpaired) electrons. The summed E-state index contributed by atoms with van der Waals surface area (Å²) >= 11 is 0. The van der Waals surface area contributed by atoms with Gasteiger partial charge in [0.15, 0.2) is 0 Å². The number of alkyl carbamates (subject to hydrolysis) is 1. The number of methoxy groups -OCH3 is 1. The van der Waals surface area contributed by atoms with E-state index >= 15 is 0 Å². The molecular weight excluding hydrogens is 815 g/mol. The van der Waals surface area contributed by atoms with Gasteiger partial charge < -0.3 is 29.7 Å². The van der Waals surface area contributed by atoms with E-state index in [-0.39, 0.29) is 30.9 Å². The molecule has 6 aliphatic rings. The number of halogens is 2. The molecule has 18 heteroatoms. The standard InChI is InChI=1S/C43H58F2N6O9S/c1-21-27-18-31-26(34(21)27)10-8-7-9-11-29-38(47-30-17-24(58-6)12-15-28(30)46-29)59-32-20-51(39(53)36(42(3,4)5)48-41(55)60-31)35(22(32)2)37(52)49-43(19-23(43)16-33(44)45)40(54)50-61(56,57)25-13-14-25/h12,15,17,21-23,25-27,31-36H,7-11,13-14,16,18-20H2,1-6H3,(H,48,55)(H,49,52)(H,50,54)/t21?,22-,23-,26+,27-,31-,32+,34-,35+,36-,43-/m1/s1. The number of alkyl halides is 2. The molecule has 2 aromatic rings. The molecule has 11 atom stereocenters. The Morgan fingerprint density at radius 1 is 1.02 bits per heavy atom. The van der Waals surface area contributed by atoms with Gasteiger partial charge in [-0.05, 0) is 92.1 Å². The van der Waals surface area contributed by atoms with E-state index in [1.54, 1.807) is 46.9 Å². The highest BCUT2D eigenvalue weighted by Gasteiger charge is 2.64. The van der Waals surface area contributed by atoms with E-state index in [0.717, 1.165) is 32.1 Å². The molecule has 2 aliphatic heterocycles. The molecule has 2 bridgehead atoms. The molecule has 8 rings (SSSR count). The van der Waals surface area contributed by atoms with Crippen molar-refractivity contribution in [2.75, 3.05) is 13.7 Å². The van der Waals surface area contributed by atoms with E-state index in [9.17, 15) is 36.4 Å². The average Bonchev–Trinajstić information content (AvgIpc) is 4.14. The molecule has 5 fully saturated rings. The van der Waals surface area contributed by atoms with Gasteiger partial charge in [-0.2, -0.15) is 0 Å². The normalized spacial score (nSPS) is 34.1. The second kappa shape index (κ2) is 16.1. The van der Waals surface area contributed by atoms with Crippen LogP contribution in [0.15, 0.2) is 18.2 Å². The molecule has 334 valence electrons. The first-order valence-electron chi connectivity index (χ1n) is 21.8. The van der Waals surface area contributed by atoms with Crippen molar-refractivity contribution in [2.45, 2.75) is 140 Å². The van der Waals surface area contributed by atoms with Gasteiger partial charge in [0.2, 0.25) is 34.1 Å². The molecule has 61 heavy (non-hydrogen) atoms. The predicted octanol–water partition coefficient (Wildman–Crippen LogP) is 4.90. The summed E-state index contributed by atoms with van der Waals surface area (Å²) in [6.07, 6.45) is -0.202. The minimum atomic E-state index is -4.09. The third-order valence-electron chi connectivity index (χ3n) is 14.2. The topological polar surface area (TPSA) is 195 Å². The summed E-state index contributed by atoms with van der Waals surface area (Å²) in [5.41, 5.74) is -1.09. The average molecular weight is 873 g/mol. The maximum Gasteiger partial charge on any atom is 0.408 e. The van der Waals surface area contributed by atoms with E-state index in [2.05, 4.69) is 17.6 Å². The van der Waals surface area contributed by atoms with Crippen LogP contribution in [-0.2, 0) is 35.6 Å². The maximum absolute atomic E-state index is 15.0. The second-order valence-corrected chi connectivity index (χ2v) is 21.4. The minimum absolute atomic E-state index is 0.152. The number of aromatic nitrogens is 2. The van der Waals surface area contributed by atoms with E-state index in [1.165, 1.54) is 4.90 Å². The fourth-order valence-electron chi connectivity index (χ4n) is 10.4. The Bertz CT molecular complexity index is 2190. The molecule has 1 aromatic carbocycles. The van der Waals surface area contributed by atoms with Crippen LogP contribution in [0.1, 0.15) is 98.1 Å². The van der Waals surface area contributed by atoms with Gasteiger partial charge in [0.25, 0.3) is 5.91 Å². The molecule has 1 unspecified atom stereocenters. The van der Waals surface area contributed by atoms with Crippen molar-refractivity contribution in [3.63, 3.8) is 0 Å². The largest absolute Gasteiger partial charge is 0.497 e. The fraction of sp³-hybridized carbons (Fsp3) is 0.721. The van der Waals surface area contributed by atoms with Crippen LogP contribution in [0.3, 0.4) is 0 Å². The van der Waals surface area contributed by atoms with Gasteiger partial charge in [-0.15, -0.1) is 0 Å². The Kier molecular flexibility index (Phi) is 11.4. The molecule has 1 aromatic heterocycles. The number of nitrogens with zero attached hydrogens (tertiary/aromatic N) is 3. The number of carbonyl (C=O) groups is 4. The van der Waals surface area contributed by atoms with Crippen LogP contribution in [-0.4, -0.2) is 102 Å². The van der Waals surface area contributed by atoms with E-state index < -0.39 is 92.9 Å². The first-order chi connectivity index (χ1) is 28.8. The number of aryl methyl sites for hydroxylation is 1. The molecule has 4 amide bonds. The molecule has 3 heterocycles. The Morgan fingerprint density at radius 3 is 2.46 bits per heavy atom. The summed E-state index contributed by atoms with van der Waals surface area (Å²) in [5, 5.41) is 4.73. The van der Waals surface area contributed by atoms with Crippen LogP contribution in [0.2, 0.25) is 0 Å². The lowest BCUT2D eigenvalue weighted by atomic mass is 9.85. The van der Waals surface area contributed by atoms with Crippen molar-refractivity contribution < 1.29 is 50.6 Å². The Morgan fingerprint density at radius 2 is 1.77 bits per heavy atom. The highest BCUT2D eigenvalue weighted by Crippen LogP contribution is 2.62. The van der Waals surface area contributed by atoms with Crippen molar-refractivity contribution in [1.82, 2.24) is 30.2 Å². The van der Waals surface area contributed by atoms with E-state index in [0.29, 0.717) is 59.5 Å². The number of nitrogens with one attached hydrogen (secondary N) is 3. The van der Waals surface area contributed by atoms with E-state index in [1.807, 2.05) is 10.8 Å². The van der Waals surface area contributed by atoms with Gasteiger partial charge in [0.1, 0.15) is 41.3 Å². The Balaban J connectivity index is 1.15. The van der Waals surface area contributed by atoms with Crippen LogP contribution in [0, 0.1) is 40.9 Å². The van der Waals surface area contributed by atoms with Gasteiger partial charge in [0, 0.05) is 18.4 Å². The van der Waals surface area contributed by atoms with Gasteiger partial charge in [-0.1, -0.05) is 47.5 Å². The van der Waals surface area contributed by atoms with Gasteiger partial charge >= 0.3 is 6.09 Å². The SMILES string of the molecule is COc1ccc2nc3c(nc2c1)O[C@H]1CN(C(=O)[C@H](C(C)(C)C)NC(=O)O[C@@H]2C[C@@H]4C(C)[C@@H]4[C@H]2CCCCC3)[C@H](C(=O)N[C@]2(C(=O)NS(=O)(=O)C3CC3)C[C@H]2CC(F)F)[C@@H]1C. The maximum atomic E-state index is 15.0. The first-order valence-corrected chi connectivity index (χ1v) is 23.3. The summed E-state index contributed by atoms with van der Waals surface area (Å²) in [5.74, 6) is -1.90. The summed E-state index contributed by atoms with van der Waals surface area (Å²) in [6.45, 7) is 9.14. The van der Waals surface area contributed by atoms with Gasteiger partial charge in [0.05, 0.1) is 29.9 Å². The number of ether oxygens (including phenoxy) is 3. The van der Waals surface area contributed by atoms with Crippen molar-refractivity contribution in [1.29, 1.82) is 0 Å². The molecule has 4 saturated carbocycles. The van der Waals surface area contributed by atoms with Crippen molar-refractivity contribution in [3.8, 4) is 11.6 Å². The summed E-state index contributed by atoms with van der Waals surface area (Å²) in [4.78, 5) is 68.4. The quantitative estimate of drug-likeness (QED) is 0.327. The van der Waals surface area contributed by atoms with Gasteiger partial charge in [-0.3, -0.25) is 19.1 Å². The Labute approximate surface area is 355 Å². The number of benzene rings is 1. The molecule has 4 aliphatic carbocycles. The van der Waals surface area contributed by atoms with Crippen molar-refractivity contribution >= 4 is 44.9 Å². The monoisotopic (exact) mass is 872 g/mol. The number of amides is 4. The highest BCUT2D eigenvalue weighted by molar-refractivity contribution is 7.91. The summed E-state index contributed by atoms with van der Waals surface area (Å²) < 4.78 is 73.6.